The maximum atomic E-state index is 5.45. The largest absolute Gasteiger partial charge is 0.497 e. The van der Waals surface area contributed by atoms with Crippen molar-refractivity contribution in [3.8, 4) is 11.5 Å². The van der Waals surface area contributed by atoms with Crippen LogP contribution in [0.3, 0.4) is 0 Å². The number of pyridine rings is 1. The summed E-state index contributed by atoms with van der Waals surface area (Å²) < 4.78 is 10.8. The number of rotatable bonds is 6. The van der Waals surface area contributed by atoms with E-state index in [1.54, 1.807) is 20.4 Å². The fourth-order valence-electron chi connectivity index (χ4n) is 2.23. The lowest BCUT2D eigenvalue weighted by Crippen LogP contribution is -2.19. The minimum atomic E-state index is 0.143. The molecule has 0 aliphatic rings. The smallest absolute Gasteiger partial charge is 0.123 e. The molecule has 4 nitrogen and oxygen atoms in total. The van der Waals surface area contributed by atoms with Crippen LogP contribution in [0, 0.1) is 0 Å². The number of nitrogens with zero attached hydrogens (tertiary/aromatic N) is 1. The van der Waals surface area contributed by atoms with Crippen LogP contribution in [0.4, 0.5) is 0 Å². The van der Waals surface area contributed by atoms with E-state index in [9.17, 15) is 0 Å². The number of likely N-dealkylation sites (N-methyl/N-ethyl adjacent to an activating group) is 1. The molecule has 1 unspecified atom stereocenters. The summed E-state index contributed by atoms with van der Waals surface area (Å²) in [6.07, 6.45) is 4.51. The molecule has 1 atom stereocenters. The lowest BCUT2D eigenvalue weighted by molar-refractivity contribution is 0.391. The first-order valence-corrected chi connectivity index (χ1v) is 6.56. The van der Waals surface area contributed by atoms with Crippen molar-refractivity contribution in [3.63, 3.8) is 0 Å². The molecule has 20 heavy (non-hydrogen) atoms. The lowest BCUT2D eigenvalue weighted by atomic mass is 9.99. The fraction of sp³-hybridized carbons (Fsp3) is 0.312. The minimum absolute atomic E-state index is 0.143. The Balaban J connectivity index is 2.30. The normalized spacial score (nSPS) is 11.9. The van der Waals surface area contributed by atoms with Crippen LogP contribution in [-0.4, -0.2) is 26.3 Å². The summed E-state index contributed by atoms with van der Waals surface area (Å²) in [5.41, 5.74) is 2.26. The van der Waals surface area contributed by atoms with Gasteiger partial charge in [0.1, 0.15) is 11.5 Å². The first-order chi connectivity index (χ1) is 9.78. The van der Waals surface area contributed by atoms with E-state index in [0.29, 0.717) is 0 Å². The summed E-state index contributed by atoms with van der Waals surface area (Å²) in [7, 11) is 5.29. The maximum absolute atomic E-state index is 5.45. The third-order valence-electron chi connectivity index (χ3n) is 3.32. The standard InChI is InChI=1S/C16H20N2O2/c1-17-15(9-12-5-4-8-18-11-12)14-10-13(19-2)6-7-16(14)20-3/h4-8,10-11,15,17H,9H2,1-3H3. The van der Waals surface area contributed by atoms with Crippen LogP contribution < -0.4 is 14.8 Å². The molecule has 1 heterocycles. The fourth-order valence-corrected chi connectivity index (χ4v) is 2.23. The van der Waals surface area contributed by atoms with Gasteiger partial charge in [-0.25, -0.2) is 0 Å². The van der Waals surface area contributed by atoms with Crippen LogP contribution in [0.2, 0.25) is 0 Å². The summed E-state index contributed by atoms with van der Waals surface area (Å²) in [5.74, 6) is 1.68. The quantitative estimate of drug-likeness (QED) is 0.878. The molecule has 0 bridgehead atoms. The average Bonchev–Trinajstić information content (AvgIpc) is 2.53. The molecule has 2 rings (SSSR count). The molecule has 0 saturated heterocycles. The predicted molar refractivity (Wildman–Crippen MR) is 79.3 cm³/mol. The molecule has 0 radical (unpaired) electrons. The van der Waals surface area contributed by atoms with Crippen LogP contribution in [0.5, 0.6) is 11.5 Å². The SMILES string of the molecule is CNC(Cc1cccnc1)c1cc(OC)ccc1OC. The molecule has 0 fully saturated rings. The van der Waals surface area contributed by atoms with Crippen LogP contribution in [0.1, 0.15) is 17.2 Å². The Morgan fingerprint density at radius 2 is 2.05 bits per heavy atom. The zero-order valence-corrected chi connectivity index (χ0v) is 12.1. The molecule has 1 aromatic carbocycles. The Bertz CT molecular complexity index is 543. The second kappa shape index (κ2) is 6.91. The van der Waals surface area contributed by atoms with Gasteiger partial charge >= 0.3 is 0 Å². The maximum Gasteiger partial charge on any atom is 0.123 e. The van der Waals surface area contributed by atoms with Gasteiger partial charge < -0.3 is 14.8 Å². The molecule has 2 aromatic rings. The number of hydrogen-bond acceptors (Lipinski definition) is 4. The highest BCUT2D eigenvalue weighted by atomic mass is 16.5. The van der Waals surface area contributed by atoms with E-state index in [1.807, 2.05) is 37.5 Å². The van der Waals surface area contributed by atoms with E-state index in [1.165, 1.54) is 5.56 Å². The van der Waals surface area contributed by atoms with Crippen molar-refractivity contribution in [1.29, 1.82) is 0 Å². The van der Waals surface area contributed by atoms with Crippen molar-refractivity contribution >= 4 is 0 Å². The summed E-state index contributed by atoms with van der Waals surface area (Å²) in [5, 5.41) is 3.33. The monoisotopic (exact) mass is 272 g/mol. The van der Waals surface area contributed by atoms with Crippen LogP contribution in [0.15, 0.2) is 42.7 Å². The van der Waals surface area contributed by atoms with E-state index < -0.39 is 0 Å². The Labute approximate surface area is 119 Å². The van der Waals surface area contributed by atoms with E-state index in [2.05, 4.69) is 16.4 Å². The van der Waals surface area contributed by atoms with Gasteiger partial charge in [0, 0.05) is 24.0 Å². The van der Waals surface area contributed by atoms with E-state index >= 15 is 0 Å². The first kappa shape index (κ1) is 14.3. The Morgan fingerprint density at radius 3 is 2.65 bits per heavy atom. The van der Waals surface area contributed by atoms with Crippen molar-refractivity contribution in [3.05, 3.63) is 53.9 Å². The van der Waals surface area contributed by atoms with Gasteiger partial charge in [-0.1, -0.05) is 6.07 Å². The van der Waals surface area contributed by atoms with Gasteiger partial charge in [-0.15, -0.1) is 0 Å². The van der Waals surface area contributed by atoms with Gasteiger partial charge in [-0.05, 0) is 43.3 Å². The van der Waals surface area contributed by atoms with E-state index in [0.717, 1.165) is 23.5 Å². The van der Waals surface area contributed by atoms with Gasteiger partial charge in [0.05, 0.1) is 14.2 Å². The average molecular weight is 272 g/mol. The molecular weight excluding hydrogens is 252 g/mol. The zero-order valence-electron chi connectivity index (χ0n) is 12.1. The van der Waals surface area contributed by atoms with Crippen LogP contribution in [0.25, 0.3) is 0 Å². The van der Waals surface area contributed by atoms with Crippen molar-refractivity contribution < 1.29 is 9.47 Å². The molecule has 1 N–H and O–H groups in total. The van der Waals surface area contributed by atoms with Gasteiger partial charge in [0.15, 0.2) is 0 Å². The van der Waals surface area contributed by atoms with Gasteiger partial charge in [0.25, 0.3) is 0 Å². The summed E-state index contributed by atoms with van der Waals surface area (Å²) in [6.45, 7) is 0. The molecule has 0 aliphatic heterocycles. The van der Waals surface area contributed by atoms with Crippen molar-refractivity contribution in [2.75, 3.05) is 21.3 Å². The van der Waals surface area contributed by atoms with Crippen molar-refractivity contribution in [2.45, 2.75) is 12.5 Å². The third kappa shape index (κ3) is 3.27. The number of aromatic nitrogens is 1. The van der Waals surface area contributed by atoms with Crippen LogP contribution >= 0.6 is 0 Å². The highest BCUT2D eigenvalue weighted by Crippen LogP contribution is 2.30. The summed E-state index contributed by atoms with van der Waals surface area (Å²) >= 11 is 0. The van der Waals surface area contributed by atoms with Gasteiger partial charge in [-0.2, -0.15) is 0 Å². The van der Waals surface area contributed by atoms with E-state index in [-0.39, 0.29) is 6.04 Å². The highest BCUT2D eigenvalue weighted by Gasteiger charge is 2.16. The van der Waals surface area contributed by atoms with Gasteiger partial charge in [0.2, 0.25) is 0 Å². The minimum Gasteiger partial charge on any atom is -0.497 e. The first-order valence-electron chi connectivity index (χ1n) is 6.56. The van der Waals surface area contributed by atoms with Crippen molar-refractivity contribution in [1.82, 2.24) is 10.3 Å². The predicted octanol–water partition coefficient (Wildman–Crippen LogP) is 2.60. The van der Waals surface area contributed by atoms with Crippen molar-refractivity contribution in [2.24, 2.45) is 0 Å². The summed E-state index contributed by atoms with van der Waals surface area (Å²) in [6, 6.07) is 10.0. The number of methoxy groups -OCH3 is 2. The molecule has 0 saturated carbocycles. The topological polar surface area (TPSA) is 43.4 Å². The van der Waals surface area contributed by atoms with E-state index in [4.69, 9.17) is 9.47 Å². The summed E-state index contributed by atoms with van der Waals surface area (Å²) in [4.78, 5) is 4.16. The number of hydrogen-bond donors (Lipinski definition) is 1. The molecule has 4 heteroatoms. The highest BCUT2D eigenvalue weighted by molar-refractivity contribution is 5.42. The lowest BCUT2D eigenvalue weighted by Gasteiger charge is -2.20. The Morgan fingerprint density at radius 1 is 1.20 bits per heavy atom. The Kier molecular flexibility index (Phi) is 4.96. The van der Waals surface area contributed by atoms with Crippen LogP contribution in [-0.2, 0) is 6.42 Å². The molecule has 0 aliphatic carbocycles. The molecule has 0 amide bonds. The second-order valence-electron chi connectivity index (χ2n) is 4.51. The molecule has 106 valence electrons. The van der Waals surface area contributed by atoms with Gasteiger partial charge in [-0.3, -0.25) is 4.98 Å². The number of ether oxygens (including phenoxy) is 2. The third-order valence-corrected chi connectivity index (χ3v) is 3.32. The second-order valence-corrected chi connectivity index (χ2v) is 4.51. The number of benzene rings is 1. The number of nitrogens with one attached hydrogen (secondary N) is 1. The molecule has 0 spiro atoms. The molecule has 1 aromatic heterocycles. The Hall–Kier alpha value is -2.07. The zero-order chi connectivity index (χ0) is 14.4. The molecular formula is C16H20N2O2.